The number of carbonyl (C=O) groups excluding carboxylic acids is 1. The van der Waals surface area contributed by atoms with E-state index in [2.05, 4.69) is 4.98 Å². The predicted molar refractivity (Wildman–Crippen MR) is 52.5 cm³/mol. The summed E-state index contributed by atoms with van der Waals surface area (Å²) >= 11 is 0. The first-order valence-corrected chi connectivity index (χ1v) is 4.56. The van der Waals surface area contributed by atoms with Crippen LogP contribution in [-0.4, -0.2) is 10.8 Å². The Morgan fingerprint density at radius 3 is 2.23 bits per heavy atom. The highest BCUT2D eigenvalue weighted by molar-refractivity contribution is 5.86. The highest BCUT2D eigenvalue weighted by Gasteiger charge is 2.17. The van der Waals surface area contributed by atoms with Gasteiger partial charge in [-0.2, -0.15) is 0 Å². The van der Waals surface area contributed by atoms with Gasteiger partial charge in [-0.05, 0) is 17.7 Å². The zero-order valence-electron chi connectivity index (χ0n) is 8.32. The summed E-state index contributed by atoms with van der Waals surface area (Å²) in [6.45, 7) is 5.80. The minimum absolute atomic E-state index is 0.0111. The minimum atomic E-state index is -0.0111. The average Bonchev–Trinajstić information content (AvgIpc) is 2.17. The molecule has 0 spiro atoms. The first-order valence-electron chi connectivity index (χ1n) is 4.56. The number of rotatable bonds is 3. The molecule has 2 heteroatoms. The molecule has 0 aliphatic heterocycles. The van der Waals surface area contributed by atoms with Gasteiger partial charge in [0.25, 0.3) is 0 Å². The van der Waals surface area contributed by atoms with Crippen molar-refractivity contribution in [3.05, 3.63) is 30.1 Å². The number of Topliss-reactive ketones (excluding diaryl/α,β-unsaturated/α-hetero) is 1. The summed E-state index contributed by atoms with van der Waals surface area (Å²) in [6.07, 6.45) is 3.44. The molecule has 0 fully saturated rings. The molecule has 1 unspecified atom stereocenters. The van der Waals surface area contributed by atoms with Crippen LogP contribution in [0.4, 0.5) is 0 Å². The van der Waals surface area contributed by atoms with Gasteiger partial charge in [0.05, 0.1) is 0 Å². The van der Waals surface area contributed by atoms with Crippen LogP contribution in [0.3, 0.4) is 0 Å². The molecule has 70 valence electrons. The Morgan fingerprint density at radius 2 is 1.77 bits per heavy atom. The van der Waals surface area contributed by atoms with E-state index in [0.29, 0.717) is 0 Å². The van der Waals surface area contributed by atoms with Crippen molar-refractivity contribution < 1.29 is 4.79 Å². The number of ketones is 1. The van der Waals surface area contributed by atoms with Crippen LogP contribution in [0.2, 0.25) is 0 Å². The smallest absolute Gasteiger partial charge is 0.142 e. The molecule has 1 atom stereocenters. The summed E-state index contributed by atoms with van der Waals surface area (Å²) in [4.78, 5) is 15.5. The van der Waals surface area contributed by atoms with Gasteiger partial charge < -0.3 is 0 Å². The largest absolute Gasteiger partial charge is 0.299 e. The monoisotopic (exact) mass is 177 g/mol. The zero-order chi connectivity index (χ0) is 9.84. The average molecular weight is 177 g/mol. The van der Waals surface area contributed by atoms with E-state index in [0.717, 1.165) is 5.56 Å². The molecule has 0 bridgehead atoms. The highest BCUT2D eigenvalue weighted by atomic mass is 16.1. The maximum Gasteiger partial charge on any atom is 0.142 e. The van der Waals surface area contributed by atoms with Gasteiger partial charge >= 0.3 is 0 Å². The Morgan fingerprint density at radius 1 is 1.23 bits per heavy atom. The van der Waals surface area contributed by atoms with E-state index in [-0.39, 0.29) is 17.6 Å². The maximum atomic E-state index is 11.6. The first-order chi connectivity index (χ1) is 6.13. The summed E-state index contributed by atoms with van der Waals surface area (Å²) < 4.78 is 0. The van der Waals surface area contributed by atoms with Crippen LogP contribution in [0.5, 0.6) is 0 Å². The third-order valence-electron chi connectivity index (χ3n) is 2.20. The van der Waals surface area contributed by atoms with E-state index in [1.807, 2.05) is 32.9 Å². The van der Waals surface area contributed by atoms with Crippen LogP contribution >= 0.6 is 0 Å². The van der Waals surface area contributed by atoms with Crippen LogP contribution in [0, 0.1) is 5.92 Å². The van der Waals surface area contributed by atoms with Gasteiger partial charge in [0.15, 0.2) is 0 Å². The summed E-state index contributed by atoms with van der Waals surface area (Å²) in [5, 5.41) is 0. The van der Waals surface area contributed by atoms with Gasteiger partial charge in [0.1, 0.15) is 5.78 Å². The molecule has 2 nitrogen and oxygen atoms in total. The Bertz CT molecular complexity index is 279. The third kappa shape index (κ3) is 2.38. The molecule has 0 radical (unpaired) electrons. The molecule has 1 aromatic heterocycles. The second kappa shape index (κ2) is 4.17. The van der Waals surface area contributed by atoms with E-state index >= 15 is 0 Å². The molecule has 0 aliphatic carbocycles. The molecule has 1 heterocycles. The fourth-order valence-corrected chi connectivity index (χ4v) is 1.32. The van der Waals surface area contributed by atoms with Crippen molar-refractivity contribution >= 4 is 5.78 Å². The maximum absolute atomic E-state index is 11.6. The fourth-order valence-electron chi connectivity index (χ4n) is 1.32. The van der Waals surface area contributed by atoms with Crippen molar-refractivity contribution in [2.24, 2.45) is 5.92 Å². The topological polar surface area (TPSA) is 30.0 Å². The molecule has 0 N–H and O–H groups in total. The van der Waals surface area contributed by atoms with Crippen molar-refractivity contribution in [3.8, 4) is 0 Å². The quantitative estimate of drug-likeness (QED) is 0.709. The Labute approximate surface area is 79.0 Å². The lowest BCUT2D eigenvalue weighted by atomic mass is 9.91. The van der Waals surface area contributed by atoms with Crippen molar-refractivity contribution in [2.75, 3.05) is 0 Å². The van der Waals surface area contributed by atoms with Gasteiger partial charge in [-0.25, -0.2) is 0 Å². The van der Waals surface area contributed by atoms with Gasteiger partial charge in [-0.3, -0.25) is 9.78 Å². The van der Waals surface area contributed by atoms with E-state index in [9.17, 15) is 4.79 Å². The van der Waals surface area contributed by atoms with Gasteiger partial charge in [0.2, 0.25) is 0 Å². The van der Waals surface area contributed by atoms with Crippen molar-refractivity contribution in [1.29, 1.82) is 0 Å². The van der Waals surface area contributed by atoms with Crippen LogP contribution in [-0.2, 0) is 4.79 Å². The summed E-state index contributed by atoms with van der Waals surface area (Å²) in [6, 6.07) is 3.79. The normalized spacial score (nSPS) is 12.9. The molecule has 13 heavy (non-hydrogen) atoms. The number of hydrogen-bond donors (Lipinski definition) is 0. The van der Waals surface area contributed by atoms with E-state index < -0.39 is 0 Å². The highest BCUT2D eigenvalue weighted by Crippen LogP contribution is 2.18. The minimum Gasteiger partial charge on any atom is -0.299 e. The van der Waals surface area contributed by atoms with Gasteiger partial charge in [0, 0.05) is 24.2 Å². The fraction of sp³-hybridized carbons (Fsp3) is 0.455. The lowest BCUT2D eigenvalue weighted by Crippen LogP contribution is -2.15. The molecule has 0 saturated heterocycles. The lowest BCUT2D eigenvalue weighted by molar-refractivity contribution is -0.123. The molecular formula is C11H15NO. The van der Waals surface area contributed by atoms with E-state index in [1.54, 1.807) is 12.4 Å². The molecule has 1 aromatic rings. The number of carbonyl (C=O) groups is 1. The van der Waals surface area contributed by atoms with Gasteiger partial charge in [-0.15, -0.1) is 0 Å². The summed E-state index contributed by atoms with van der Waals surface area (Å²) in [5.41, 5.74) is 1.05. The Kier molecular flexibility index (Phi) is 3.18. The first kappa shape index (κ1) is 9.90. The third-order valence-corrected chi connectivity index (χ3v) is 2.20. The summed E-state index contributed by atoms with van der Waals surface area (Å²) in [7, 11) is 0. The van der Waals surface area contributed by atoms with Crippen molar-refractivity contribution in [1.82, 2.24) is 4.98 Å². The number of hydrogen-bond acceptors (Lipinski definition) is 2. The van der Waals surface area contributed by atoms with Crippen LogP contribution in [0.1, 0.15) is 32.3 Å². The van der Waals surface area contributed by atoms with Crippen LogP contribution in [0.25, 0.3) is 0 Å². The predicted octanol–water partition coefficient (Wildman–Crippen LogP) is 2.41. The molecule has 0 amide bonds. The standard InChI is InChI=1S/C11H15NO/c1-8(2)11(13)9(3)10-4-6-12-7-5-10/h4-9H,1-3H3. The van der Waals surface area contributed by atoms with Crippen molar-refractivity contribution in [2.45, 2.75) is 26.7 Å². The number of nitrogens with zero attached hydrogens (tertiary/aromatic N) is 1. The second-order valence-electron chi connectivity index (χ2n) is 3.56. The lowest BCUT2D eigenvalue weighted by Gasteiger charge is -2.12. The van der Waals surface area contributed by atoms with Gasteiger partial charge in [-0.1, -0.05) is 20.8 Å². The molecule has 1 rings (SSSR count). The molecule has 0 aliphatic rings. The van der Waals surface area contributed by atoms with E-state index in [1.165, 1.54) is 0 Å². The second-order valence-corrected chi connectivity index (χ2v) is 3.56. The Balaban J connectivity index is 2.80. The SMILES string of the molecule is CC(C)C(=O)C(C)c1ccncc1. The van der Waals surface area contributed by atoms with Crippen LogP contribution in [0.15, 0.2) is 24.5 Å². The van der Waals surface area contributed by atoms with E-state index in [4.69, 9.17) is 0 Å². The Hall–Kier alpha value is -1.18. The van der Waals surface area contributed by atoms with Crippen LogP contribution < -0.4 is 0 Å². The molecular weight excluding hydrogens is 162 g/mol. The number of pyridine rings is 1. The molecule has 0 aromatic carbocycles. The van der Waals surface area contributed by atoms with Crippen molar-refractivity contribution in [3.63, 3.8) is 0 Å². The molecule has 0 saturated carbocycles. The number of aromatic nitrogens is 1. The summed E-state index contributed by atoms with van der Waals surface area (Å²) in [5.74, 6) is 0.373. The zero-order valence-corrected chi connectivity index (χ0v) is 8.32.